The number of fused-ring (bicyclic) bond motifs is 1. The Balaban J connectivity index is 1.46. The van der Waals surface area contributed by atoms with Crippen molar-refractivity contribution in [2.24, 2.45) is 0 Å². The van der Waals surface area contributed by atoms with Crippen LogP contribution in [0.5, 0.6) is 0 Å². The molecule has 24 heavy (non-hydrogen) atoms. The molecule has 2 aliphatic rings. The molecule has 3 heterocycles. The Morgan fingerprint density at radius 2 is 2.17 bits per heavy atom. The van der Waals surface area contributed by atoms with E-state index in [0.717, 1.165) is 54.1 Å². The number of amides is 1. The molecule has 0 unspecified atom stereocenters. The van der Waals surface area contributed by atoms with E-state index < -0.39 is 0 Å². The summed E-state index contributed by atoms with van der Waals surface area (Å²) in [4.78, 5) is 17.1. The lowest BCUT2D eigenvalue weighted by atomic mass is 9.84. The predicted molar refractivity (Wildman–Crippen MR) is 93.6 cm³/mol. The molecule has 0 saturated carbocycles. The minimum Gasteiger partial charge on any atom is -0.381 e. The van der Waals surface area contributed by atoms with Crippen molar-refractivity contribution in [1.29, 1.82) is 0 Å². The van der Waals surface area contributed by atoms with Gasteiger partial charge in [0.05, 0.1) is 20.8 Å². The van der Waals surface area contributed by atoms with Crippen LogP contribution in [0, 0.1) is 6.92 Å². The number of nitrogens with zero attached hydrogens (tertiary/aromatic N) is 1. The zero-order chi connectivity index (χ0) is 16.6. The number of hydrogen-bond donors (Lipinski definition) is 1. The smallest absolute Gasteiger partial charge is 0.251 e. The molecule has 6 heteroatoms. The van der Waals surface area contributed by atoms with Crippen molar-refractivity contribution in [3.63, 3.8) is 0 Å². The topological polar surface area (TPSA) is 60.5 Å². The lowest BCUT2D eigenvalue weighted by molar-refractivity contribution is -0.139. The molecule has 4 rings (SSSR count). The first-order valence-electron chi connectivity index (χ1n) is 8.53. The van der Waals surface area contributed by atoms with E-state index in [1.807, 2.05) is 25.1 Å². The Morgan fingerprint density at radius 3 is 3.00 bits per heavy atom. The number of thiazole rings is 1. The van der Waals surface area contributed by atoms with Gasteiger partial charge in [-0.3, -0.25) is 4.79 Å². The molecular formula is C18H22N2O3S. The standard InChI is InChI=1S/C18H22N2O3S/c1-12-19-15-10-13(2-3-16(15)24-12)17(21)20-14-4-7-23-18(11-14)5-8-22-9-6-18/h2-3,10,14H,4-9,11H2,1H3,(H,20,21)/t14-/m1/s1. The molecule has 1 aromatic carbocycles. The zero-order valence-electron chi connectivity index (χ0n) is 13.8. The second-order valence-electron chi connectivity index (χ2n) is 6.72. The van der Waals surface area contributed by atoms with Crippen LogP contribution >= 0.6 is 11.3 Å². The maximum absolute atomic E-state index is 12.6. The van der Waals surface area contributed by atoms with E-state index >= 15 is 0 Å². The normalized spacial score (nSPS) is 23.5. The summed E-state index contributed by atoms with van der Waals surface area (Å²) < 4.78 is 12.6. The molecule has 0 aliphatic carbocycles. The van der Waals surface area contributed by atoms with Gasteiger partial charge in [0.25, 0.3) is 5.91 Å². The Labute approximate surface area is 145 Å². The van der Waals surface area contributed by atoms with Crippen LogP contribution in [0.15, 0.2) is 18.2 Å². The Morgan fingerprint density at radius 1 is 1.33 bits per heavy atom. The Hall–Kier alpha value is -1.50. The van der Waals surface area contributed by atoms with Crippen molar-refractivity contribution in [3.05, 3.63) is 28.8 Å². The first-order chi connectivity index (χ1) is 11.6. The molecule has 128 valence electrons. The van der Waals surface area contributed by atoms with E-state index in [9.17, 15) is 4.79 Å². The van der Waals surface area contributed by atoms with Gasteiger partial charge >= 0.3 is 0 Å². The van der Waals surface area contributed by atoms with Crippen LogP contribution in [0.4, 0.5) is 0 Å². The summed E-state index contributed by atoms with van der Waals surface area (Å²) in [5.74, 6) is -0.0170. The maximum Gasteiger partial charge on any atom is 0.251 e. The third-order valence-electron chi connectivity index (χ3n) is 4.99. The van der Waals surface area contributed by atoms with Crippen molar-refractivity contribution in [2.45, 2.75) is 44.2 Å². The molecule has 1 aromatic heterocycles. The zero-order valence-corrected chi connectivity index (χ0v) is 14.7. The van der Waals surface area contributed by atoms with E-state index in [1.54, 1.807) is 11.3 Å². The first-order valence-corrected chi connectivity index (χ1v) is 9.35. The largest absolute Gasteiger partial charge is 0.381 e. The molecule has 0 bridgehead atoms. The van der Waals surface area contributed by atoms with Crippen molar-refractivity contribution in [1.82, 2.24) is 10.3 Å². The van der Waals surface area contributed by atoms with Gasteiger partial charge in [0, 0.05) is 31.4 Å². The summed E-state index contributed by atoms with van der Waals surface area (Å²) in [6, 6.07) is 5.92. The van der Waals surface area contributed by atoms with Crippen molar-refractivity contribution < 1.29 is 14.3 Å². The number of carbonyl (C=O) groups excluding carboxylic acids is 1. The Kier molecular flexibility index (Phi) is 4.28. The highest BCUT2D eigenvalue weighted by atomic mass is 32.1. The number of ether oxygens (including phenoxy) is 2. The molecule has 1 N–H and O–H groups in total. The van der Waals surface area contributed by atoms with Crippen molar-refractivity contribution in [2.75, 3.05) is 19.8 Å². The van der Waals surface area contributed by atoms with Crippen LogP contribution in [-0.4, -0.2) is 42.4 Å². The SMILES string of the molecule is Cc1nc2cc(C(=O)N[C@@H]3CCOC4(CCOCC4)C3)ccc2s1. The third-order valence-corrected chi connectivity index (χ3v) is 5.94. The second kappa shape index (κ2) is 6.43. The van der Waals surface area contributed by atoms with Gasteiger partial charge in [0.1, 0.15) is 0 Å². The van der Waals surface area contributed by atoms with Gasteiger partial charge < -0.3 is 14.8 Å². The average molecular weight is 346 g/mol. The van der Waals surface area contributed by atoms with E-state index in [-0.39, 0.29) is 17.6 Å². The van der Waals surface area contributed by atoms with Crippen LogP contribution < -0.4 is 5.32 Å². The summed E-state index contributed by atoms with van der Waals surface area (Å²) in [7, 11) is 0. The van der Waals surface area contributed by atoms with Crippen LogP contribution in [0.2, 0.25) is 0 Å². The number of benzene rings is 1. The number of carbonyl (C=O) groups is 1. The van der Waals surface area contributed by atoms with E-state index in [2.05, 4.69) is 10.3 Å². The van der Waals surface area contributed by atoms with E-state index in [0.29, 0.717) is 12.2 Å². The number of rotatable bonds is 2. The highest BCUT2D eigenvalue weighted by molar-refractivity contribution is 7.18. The highest BCUT2D eigenvalue weighted by Crippen LogP contribution is 2.34. The van der Waals surface area contributed by atoms with E-state index in [1.165, 1.54) is 0 Å². The quantitative estimate of drug-likeness (QED) is 0.908. The monoisotopic (exact) mass is 346 g/mol. The minimum absolute atomic E-state index is 0.0170. The van der Waals surface area contributed by atoms with Gasteiger partial charge in [0.2, 0.25) is 0 Å². The van der Waals surface area contributed by atoms with Crippen LogP contribution in [0.25, 0.3) is 10.2 Å². The Bertz CT molecular complexity index is 746. The summed E-state index contributed by atoms with van der Waals surface area (Å²) in [5, 5.41) is 4.22. The molecule has 2 aromatic rings. The fourth-order valence-corrected chi connectivity index (χ4v) is 4.50. The molecule has 2 aliphatic heterocycles. The summed E-state index contributed by atoms with van der Waals surface area (Å²) in [6.07, 6.45) is 3.58. The first kappa shape index (κ1) is 16.0. The summed E-state index contributed by atoms with van der Waals surface area (Å²) in [5.41, 5.74) is 1.48. The van der Waals surface area contributed by atoms with Crippen molar-refractivity contribution >= 4 is 27.5 Å². The number of hydrogen-bond acceptors (Lipinski definition) is 5. The van der Waals surface area contributed by atoms with Gasteiger partial charge in [0.15, 0.2) is 0 Å². The lowest BCUT2D eigenvalue weighted by Crippen LogP contribution is -2.51. The maximum atomic E-state index is 12.6. The molecule has 0 radical (unpaired) electrons. The lowest BCUT2D eigenvalue weighted by Gasteiger charge is -2.43. The fraction of sp³-hybridized carbons (Fsp3) is 0.556. The fourth-order valence-electron chi connectivity index (χ4n) is 3.70. The predicted octanol–water partition coefficient (Wildman–Crippen LogP) is 3.06. The molecule has 1 atom stereocenters. The molecule has 2 saturated heterocycles. The number of nitrogens with one attached hydrogen (secondary N) is 1. The minimum atomic E-state index is -0.107. The molecule has 2 fully saturated rings. The average Bonchev–Trinajstić information content (AvgIpc) is 2.94. The molecule has 1 spiro atoms. The number of aryl methyl sites for hydroxylation is 1. The molecule has 1 amide bonds. The van der Waals surface area contributed by atoms with Crippen LogP contribution in [0.3, 0.4) is 0 Å². The van der Waals surface area contributed by atoms with Gasteiger partial charge in [-0.2, -0.15) is 0 Å². The van der Waals surface area contributed by atoms with E-state index in [4.69, 9.17) is 9.47 Å². The van der Waals surface area contributed by atoms with Gasteiger partial charge in [-0.1, -0.05) is 0 Å². The third kappa shape index (κ3) is 3.18. The highest BCUT2D eigenvalue weighted by Gasteiger charge is 2.39. The molecule has 5 nitrogen and oxygen atoms in total. The molecular weight excluding hydrogens is 324 g/mol. The summed E-state index contributed by atoms with van der Waals surface area (Å²) in [6.45, 7) is 4.19. The summed E-state index contributed by atoms with van der Waals surface area (Å²) >= 11 is 1.65. The van der Waals surface area contributed by atoms with Gasteiger partial charge in [-0.15, -0.1) is 11.3 Å². The van der Waals surface area contributed by atoms with Gasteiger partial charge in [-0.05, 0) is 50.8 Å². The van der Waals surface area contributed by atoms with Crippen LogP contribution in [-0.2, 0) is 9.47 Å². The van der Waals surface area contributed by atoms with Crippen molar-refractivity contribution in [3.8, 4) is 0 Å². The van der Waals surface area contributed by atoms with Crippen LogP contribution in [0.1, 0.15) is 41.0 Å². The second-order valence-corrected chi connectivity index (χ2v) is 7.96. The van der Waals surface area contributed by atoms with Gasteiger partial charge in [-0.25, -0.2) is 4.98 Å². The number of aromatic nitrogens is 1.